The predicted octanol–water partition coefficient (Wildman–Crippen LogP) is 4.36. The van der Waals surface area contributed by atoms with Gasteiger partial charge >= 0.3 is 0 Å². The van der Waals surface area contributed by atoms with E-state index in [2.05, 4.69) is 20.9 Å². The highest BCUT2D eigenvalue weighted by Crippen LogP contribution is 2.47. The third-order valence-electron chi connectivity index (χ3n) is 9.87. The molecule has 0 saturated carbocycles. The highest BCUT2D eigenvalue weighted by molar-refractivity contribution is 8.01. The van der Waals surface area contributed by atoms with E-state index in [0.717, 1.165) is 11.1 Å². The number of carbonyl (C=O) groups is 6. The van der Waals surface area contributed by atoms with Crippen molar-refractivity contribution < 1.29 is 28.8 Å². The van der Waals surface area contributed by atoms with Gasteiger partial charge in [0, 0.05) is 27.6 Å². The van der Waals surface area contributed by atoms with Gasteiger partial charge in [0.05, 0.1) is 11.4 Å². The number of H-pyrrole nitrogens is 1. The molecule has 6 N–H and O–H groups in total. The summed E-state index contributed by atoms with van der Waals surface area (Å²) in [6.07, 6.45) is 1.43. The van der Waals surface area contributed by atoms with Crippen LogP contribution in [0.5, 0.6) is 0 Å². The van der Waals surface area contributed by atoms with Crippen molar-refractivity contribution in [2.75, 3.05) is 0 Å². The van der Waals surface area contributed by atoms with Crippen molar-refractivity contribution in [3.63, 3.8) is 0 Å². The zero-order chi connectivity index (χ0) is 37.9. The van der Waals surface area contributed by atoms with Crippen LogP contribution in [-0.2, 0) is 19.2 Å². The molecule has 3 aromatic carbocycles. The molecule has 2 saturated heterocycles. The van der Waals surface area contributed by atoms with E-state index in [1.54, 1.807) is 29.2 Å². The molecule has 2 aliphatic heterocycles. The zero-order valence-corrected chi connectivity index (χ0v) is 30.7. The maximum atomic E-state index is 14.4. The number of thioether (sulfide) groups is 1. The Hall–Kier alpha value is -5.43. The average molecular weight is 737 g/mol. The molecule has 0 unspecified atom stereocenters. The standard InChI is InChI=1S/C40H44N6O6S/c1-23(47)26-17-18-28-27(21-26)22-31(42-28)37(50)44-30-15-10-16-33-46(39(30)52)35(40(2,3)53-33)38(51)43-29(19-20-32(41)48)36(49)45-34(24-11-6-4-7-12-24)25-13-8-5-9-14-25/h4-9,11-14,17-18,21-22,29-30,33-35,42H,10,15-16,19-20H2,1-3H3,(H2,41,48)(H,43,51)(H,44,50)(H,45,49)/t29-,30-,33+,35+/m0/s1. The number of Topliss-reactive ketones (excluding diaryl/α,β-unsaturated/α-hetero) is 1. The van der Waals surface area contributed by atoms with Crippen molar-refractivity contribution in [3.05, 3.63) is 107 Å². The molecule has 5 amide bonds. The number of rotatable bonds is 12. The SMILES string of the molecule is CC(=O)c1ccc2[nH]c(C(=O)N[C@H]3CCC[C@H]4SC(C)(C)[C@@H](C(=O)N[C@@H](CCC(N)=O)C(=O)NC(c5ccccc5)c5ccccc5)N4C3=O)cc2c1. The summed E-state index contributed by atoms with van der Waals surface area (Å²) in [5, 5.41) is 9.20. The molecular formula is C40H44N6O6S. The molecule has 0 radical (unpaired) electrons. The quantitative estimate of drug-likeness (QED) is 0.134. The van der Waals surface area contributed by atoms with Gasteiger partial charge in [-0.3, -0.25) is 28.8 Å². The lowest BCUT2D eigenvalue weighted by Crippen LogP contribution is -2.60. The topological polar surface area (TPSA) is 184 Å². The lowest BCUT2D eigenvalue weighted by Gasteiger charge is -2.34. The number of fused-ring (bicyclic) bond motifs is 2. The van der Waals surface area contributed by atoms with E-state index in [1.807, 2.05) is 74.5 Å². The third-order valence-corrected chi connectivity index (χ3v) is 11.4. The fraction of sp³-hybridized carbons (Fsp3) is 0.350. The number of amides is 5. The van der Waals surface area contributed by atoms with Gasteiger partial charge in [-0.1, -0.05) is 60.7 Å². The summed E-state index contributed by atoms with van der Waals surface area (Å²) in [5.41, 5.74) is 8.60. The second-order valence-corrected chi connectivity index (χ2v) is 16.0. The Bertz CT molecular complexity index is 1990. The van der Waals surface area contributed by atoms with Crippen molar-refractivity contribution in [1.29, 1.82) is 0 Å². The number of hydrogen-bond donors (Lipinski definition) is 5. The zero-order valence-electron chi connectivity index (χ0n) is 29.9. The first-order valence-electron chi connectivity index (χ1n) is 17.8. The summed E-state index contributed by atoms with van der Waals surface area (Å²) in [5.74, 6) is -2.62. The molecule has 0 aliphatic carbocycles. The molecule has 0 bridgehead atoms. The van der Waals surface area contributed by atoms with Crippen molar-refractivity contribution >= 4 is 58.0 Å². The fourth-order valence-electron chi connectivity index (χ4n) is 7.23. The first-order valence-corrected chi connectivity index (χ1v) is 18.6. The third kappa shape index (κ3) is 8.30. The largest absolute Gasteiger partial charge is 0.370 e. The van der Waals surface area contributed by atoms with Gasteiger partial charge in [-0.05, 0) is 81.8 Å². The molecule has 12 nitrogen and oxygen atoms in total. The van der Waals surface area contributed by atoms with Crippen LogP contribution in [-0.4, -0.2) is 73.4 Å². The van der Waals surface area contributed by atoms with Crippen LogP contribution in [0.1, 0.15) is 90.9 Å². The van der Waals surface area contributed by atoms with E-state index in [-0.39, 0.29) is 35.6 Å². The van der Waals surface area contributed by atoms with Crippen LogP contribution in [0.15, 0.2) is 84.9 Å². The highest BCUT2D eigenvalue weighted by Gasteiger charge is 2.55. The number of primary amides is 1. The van der Waals surface area contributed by atoms with Gasteiger partial charge in [0.25, 0.3) is 5.91 Å². The molecule has 4 aromatic rings. The van der Waals surface area contributed by atoms with Gasteiger partial charge in [0.1, 0.15) is 23.8 Å². The second kappa shape index (κ2) is 15.7. The van der Waals surface area contributed by atoms with Crippen LogP contribution in [0.25, 0.3) is 10.9 Å². The van der Waals surface area contributed by atoms with E-state index in [4.69, 9.17) is 5.73 Å². The Kier molecular flexibility index (Phi) is 11.0. The van der Waals surface area contributed by atoms with Crippen molar-refractivity contribution in [2.24, 2.45) is 5.73 Å². The van der Waals surface area contributed by atoms with Gasteiger partial charge < -0.3 is 31.6 Å². The molecule has 2 aliphatic rings. The smallest absolute Gasteiger partial charge is 0.268 e. The number of aromatic nitrogens is 1. The molecule has 2 fully saturated rings. The Morgan fingerprint density at radius 3 is 2.21 bits per heavy atom. The van der Waals surface area contributed by atoms with Crippen LogP contribution in [0.4, 0.5) is 0 Å². The summed E-state index contributed by atoms with van der Waals surface area (Å²) < 4.78 is -0.747. The first-order chi connectivity index (χ1) is 25.3. The summed E-state index contributed by atoms with van der Waals surface area (Å²) >= 11 is 1.51. The average Bonchev–Trinajstić information content (AvgIpc) is 3.65. The van der Waals surface area contributed by atoms with Crippen molar-refractivity contribution in [2.45, 2.75) is 87.2 Å². The Balaban J connectivity index is 1.22. The second-order valence-electron chi connectivity index (χ2n) is 14.2. The lowest BCUT2D eigenvalue weighted by molar-refractivity contribution is -0.143. The molecule has 276 valence electrons. The van der Waals surface area contributed by atoms with Gasteiger partial charge in [-0.15, -0.1) is 11.8 Å². The number of carbonyl (C=O) groups excluding carboxylic acids is 6. The minimum Gasteiger partial charge on any atom is -0.370 e. The van der Waals surface area contributed by atoms with Gasteiger partial charge in [0.2, 0.25) is 23.6 Å². The number of nitrogens with zero attached hydrogens (tertiary/aromatic N) is 1. The molecule has 1 aromatic heterocycles. The number of nitrogens with two attached hydrogens (primary N) is 1. The number of hydrogen-bond acceptors (Lipinski definition) is 7. The number of nitrogens with one attached hydrogen (secondary N) is 4. The number of aromatic amines is 1. The normalized spacial score (nSPS) is 20.0. The minimum absolute atomic E-state index is 0.0437. The first kappa shape index (κ1) is 37.3. The van der Waals surface area contributed by atoms with Gasteiger partial charge in [0.15, 0.2) is 5.78 Å². The van der Waals surface area contributed by atoms with Gasteiger partial charge in [-0.2, -0.15) is 0 Å². The lowest BCUT2D eigenvalue weighted by atomic mass is 9.97. The molecule has 0 spiro atoms. The molecule has 6 rings (SSSR count). The van der Waals surface area contributed by atoms with Crippen LogP contribution in [0.3, 0.4) is 0 Å². The predicted molar refractivity (Wildman–Crippen MR) is 203 cm³/mol. The monoisotopic (exact) mass is 736 g/mol. The van der Waals surface area contributed by atoms with E-state index < -0.39 is 52.5 Å². The summed E-state index contributed by atoms with van der Waals surface area (Å²) in [6.45, 7) is 5.24. The van der Waals surface area contributed by atoms with Crippen LogP contribution < -0.4 is 21.7 Å². The maximum Gasteiger partial charge on any atom is 0.268 e. The molecule has 13 heteroatoms. The number of ketones is 1. The van der Waals surface area contributed by atoms with E-state index in [0.29, 0.717) is 35.7 Å². The fourth-order valence-corrected chi connectivity index (χ4v) is 8.90. The van der Waals surface area contributed by atoms with Crippen LogP contribution >= 0.6 is 11.8 Å². The summed E-state index contributed by atoms with van der Waals surface area (Å²) in [6, 6.07) is 22.1. The number of benzene rings is 3. The highest BCUT2D eigenvalue weighted by atomic mass is 32.2. The summed E-state index contributed by atoms with van der Waals surface area (Å²) in [7, 11) is 0. The Labute approximate surface area is 312 Å². The Morgan fingerprint density at radius 2 is 1.58 bits per heavy atom. The summed E-state index contributed by atoms with van der Waals surface area (Å²) in [4.78, 5) is 84.6. The molecule has 4 atom stereocenters. The van der Waals surface area contributed by atoms with E-state index in [9.17, 15) is 28.8 Å². The van der Waals surface area contributed by atoms with Crippen molar-refractivity contribution in [3.8, 4) is 0 Å². The van der Waals surface area contributed by atoms with E-state index in [1.165, 1.54) is 18.7 Å². The van der Waals surface area contributed by atoms with Gasteiger partial charge in [-0.25, -0.2) is 0 Å². The van der Waals surface area contributed by atoms with Crippen molar-refractivity contribution in [1.82, 2.24) is 25.8 Å². The van der Waals surface area contributed by atoms with E-state index >= 15 is 0 Å². The van der Waals surface area contributed by atoms with Crippen LogP contribution in [0.2, 0.25) is 0 Å². The molecule has 3 heterocycles. The van der Waals surface area contributed by atoms with Crippen LogP contribution in [0, 0.1) is 0 Å². The molecule has 53 heavy (non-hydrogen) atoms. The molecular weight excluding hydrogens is 693 g/mol. The maximum absolute atomic E-state index is 14.4. The Morgan fingerprint density at radius 1 is 0.925 bits per heavy atom. The minimum atomic E-state index is -1.13.